The molecule has 1 saturated heterocycles. The van der Waals surface area contributed by atoms with Gasteiger partial charge in [0.2, 0.25) is 5.96 Å². The fraction of sp³-hybridized carbons (Fsp3) is 0.500. The standard InChI is InChI=1S/C32H37F8N7O/c1-45(42)44-30(41)46(15-19-9-23(31(35,36)37)13-24(10-19)32(38,39)40)16-22-11-21-12-25(33)26(34)14-27(21)43-29(22)47-8-2-3-28(47)20-6-4-18(17-48)5-7-20/h9-14,18,20,28,48H,2-8,15-17,42H2,1H3,(H2,41,44). The predicted molar refractivity (Wildman–Crippen MR) is 164 cm³/mol. The van der Waals surface area contributed by atoms with E-state index in [1.165, 1.54) is 11.9 Å². The lowest BCUT2D eigenvalue weighted by Gasteiger charge is -2.38. The molecule has 48 heavy (non-hydrogen) atoms. The normalized spacial score (nSPS) is 20.9. The summed E-state index contributed by atoms with van der Waals surface area (Å²) in [6.45, 7) is -0.0667. The Balaban J connectivity index is 1.59. The van der Waals surface area contributed by atoms with Gasteiger partial charge in [-0.15, -0.1) is 5.10 Å². The molecule has 16 heteroatoms. The van der Waals surface area contributed by atoms with Crippen LogP contribution in [0.15, 0.2) is 41.5 Å². The minimum atomic E-state index is -5.06. The van der Waals surface area contributed by atoms with Gasteiger partial charge in [0.1, 0.15) is 5.82 Å². The number of hydrogen-bond donors (Lipinski definition) is 3. The van der Waals surface area contributed by atoms with Crippen molar-refractivity contribution in [2.75, 3.05) is 25.1 Å². The maximum absolute atomic E-state index is 14.4. The molecule has 2 aromatic carbocycles. The van der Waals surface area contributed by atoms with E-state index >= 15 is 0 Å². The lowest BCUT2D eigenvalue weighted by Crippen LogP contribution is -2.41. The van der Waals surface area contributed by atoms with Gasteiger partial charge in [0.05, 0.1) is 16.6 Å². The van der Waals surface area contributed by atoms with Gasteiger partial charge >= 0.3 is 12.4 Å². The Bertz CT molecular complexity index is 1610. The number of rotatable bonds is 8. The van der Waals surface area contributed by atoms with Crippen molar-refractivity contribution in [2.45, 2.75) is 70.0 Å². The van der Waals surface area contributed by atoms with Crippen molar-refractivity contribution in [1.29, 1.82) is 0 Å². The van der Waals surface area contributed by atoms with Crippen LogP contribution in [0.2, 0.25) is 0 Å². The third-order valence-corrected chi connectivity index (χ3v) is 9.14. The van der Waals surface area contributed by atoms with Gasteiger partial charge < -0.3 is 20.6 Å². The largest absolute Gasteiger partial charge is 0.416 e. The molecule has 1 aliphatic carbocycles. The number of nitrogens with two attached hydrogens (primary N) is 2. The number of anilines is 1. The van der Waals surface area contributed by atoms with Crippen LogP contribution >= 0.6 is 0 Å². The summed E-state index contributed by atoms with van der Waals surface area (Å²) in [4.78, 5) is 8.09. The number of alkyl halides is 6. The molecule has 1 aliphatic heterocycles. The Kier molecular flexibility index (Phi) is 10.2. The molecule has 2 heterocycles. The van der Waals surface area contributed by atoms with Crippen LogP contribution in [0.3, 0.4) is 0 Å². The first-order valence-corrected chi connectivity index (χ1v) is 15.6. The zero-order valence-corrected chi connectivity index (χ0v) is 26.1. The minimum absolute atomic E-state index is 0.0334. The number of hydrazine groups is 1. The van der Waals surface area contributed by atoms with Gasteiger partial charge in [0, 0.05) is 56.3 Å². The van der Waals surface area contributed by atoms with Crippen LogP contribution < -0.4 is 16.5 Å². The quantitative estimate of drug-likeness (QED) is 0.0833. The SMILES string of the molecule is CN(N)/N=C(\N)N(Cc1cc(C(F)(F)F)cc(C(F)(F)F)c1)Cc1cc2cc(F)c(F)cc2nc1N1CCCC1C1CCC(CO)CC1. The van der Waals surface area contributed by atoms with Crippen molar-refractivity contribution in [3.8, 4) is 0 Å². The van der Waals surface area contributed by atoms with Gasteiger partial charge in [-0.1, -0.05) is 0 Å². The van der Waals surface area contributed by atoms with Crippen LogP contribution in [-0.2, 0) is 25.4 Å². The van der Waals surface area contributed by atoms with Crippen molar-refractivity contribution >= 4 is 22.7 Å². The summed E-state index contributed by atoms with van der Waals surface area (Å²) in [5.74, 6) is 4.05. The van der Waals surface area contributed by atoms with Crippen LogP contribution in [0.25, 0.3) is 10.9 Å². The summed E-state index contributed by atoms with van der Waals surface area (Å²) in [5, 5.41) is 14.7. The molecule has 3 aromatic rings. The molecule has 2 fully saturated rings. The highest BCUT2D eigenvalue weighted by Crippen LogP contribution is 2.41. The van der Waals surface area contributed by atoms with E-state index in [9.17, 15) is 40.2 Å². The molecule has 0 spiro atoms. The molecule has 1 saturated carbocycles. The molecular weight excluding hydrogens is 650 g/mol. The maximum atomic E-state index is 14.4. The van der Waals surface area contributed by atoms with Crippen LogP contribution in [0, 0.1) is 23.5 Å². The van der Waals surface area contributed by atoms with Crippen molar-refractivity contribution in [1.82, 2.24) is 15.0 Å². The van der Waals surface area contributed by atoms with E-state index in [1.54, 1.807) is 6.07 Å². The molecule has 0 bridgehead atoms. The molecule has 262 valence electrons. The Morgan fingerprint density at radius 3 is 2.12 bits per heavy atom. The first-order chi connectivity index (χ1) is 22.5. The smallest absolute Gasteiger partial charge is 0.396 e. The number of guanidine groups is 1. The van der Waals surface area contributed by atoms with E-state index < -0.39 is 41.7 Å². The number of nitrogens with zero attached hydrogens (tertiary/aromatic N) is 5. The van der Waals surface area contributed by atoms with E-state index in [-0.39, 0.29) is 59.5 Å². The zero-order chi connectivity index (χ0) is 35.0. The average Bonchev–Trinajstić information content (AvgIpc) is 3.50. The summed E-state index contributed by atoms with van der Waals surface area (Å²) < 4.78 is 111. The minimum Gasteiger partial charge on any atom is -0.396 e. The fourth-order valence-electron chi connectivity index (χ4n) is 6.85. The molecule has 1 aromatic heterocycles. The lowest BCUT2D eigenvalue weighted by molar-refractivity contribution is -0.143. The van der Waals surface area contributed by atoms with Gasteiger partial charge in [0.15, 0.2) is 11.6 Å². The number of fused-ring (bicyclic) bond motifs is 1. The van der Waals surface area contributed by atoms with Gasteiger partial charge in [0.25, 0.3) is 0 Å². The number of aromatic nitrogens is 1. The topological polar surface area (TPSA) is 107 Å². The monoisotopic (exact) mass is 687 g/mol. The van der Waals surface area contributed by atoms with Crippen LogP contribution in [-0.4, -0.2) is 52.3 Å². The number of aliphatic hydroxyl groups is 1. The van der Waals surface area contributed by atoms with E-state index in [1.807, 2.05) is 0 Å². The highest BCUT2D eigenvalue weighted by molar-refractivity contribution is 5.83. The second-order valence-corrected chi connectivity index (χ2v) is 12.6. The number of halogens is 8. The van der Waals surface area contributed by atoms with E-state index in [0.29, 0.717) is 30.1 Å². The van der Waals surface area contributed by atoms with Gasteiger partial charge in [-0.3, -0.25) is 0 Å². The third-order valence-electron chi connectivity index (χ3n) is 9.14. The summed E-state index contributed by atoms with van der Waals surface area (Å²) in [5.41, 5.74) is 3.51. The molecule has 5 rings (SSSR count). The fourth-order valence-corrected chi connectivity index (χ4v) is 6.85. The first-order valence-electron chi connectivity index (χ1n) is 15.6. The second kappa shape index (κ2) is 13.9. The van der Waals surface area contributed by atoms with Crippen molar-refractivity contribution < 1.29 is 40.2 Å². The average molecular weight is 688 g/mol. The van der Waals surface area contributed by atoms with Crippen molar-refractivity contribution in [3.63, 3.8) is 0 Å². The molecule has 0 radical (unpaired) electrons. The summed E-state index contributed by atoms with van der Waals surface area (Å²) in [6, 6.07) is 4.81. The third kappa shape index (κ3) is 8.02. The maximum Gasteiger partial charge on any atom is 0.416 e. The Morgan fingerprint density at radius 2 is 1.54 bits per heavy atom. The van der Waals surface area contributed by atoms with Gasteiger partial charge in [-0.2, -0.15) is 26.3 Å². The summed E-state index contributed by atoms with van der Waals surface area (Å²) in [7, 11) is 1.33. The van der Waals surface area contributed by atoms with Crippen molar-refractivity contribution in [3.05, 3.63) is 70.3 Å². The molecule has 1 atom stereocenters. The zero-order valence-electron chi connectivity index (χ0n) is 26.1. The number of benzene rings is 2. The molecule has 0 amide bonds. The molecule has 1 unspecified atom stereocenters. The number of hydrazone groups is 1. The highest BCUT2D eigenvalue weighted by Gasteiger charge is 2.38. The molecule has 2 aliphatic rings. The summed E-state index contributed by atoms with van der Waals surface area (Å²) in [6.07, 6.45) is -5.00. The van der Waals surface area contributed by atoms with Crippen molar-refractivity contribution in [2.24, 2.45) is 28.5 Å². The van der Waals surface area contributed by atoms with Gasteiger partial charge in [-0.05, 0) is 86.3 Å². The Labute approximate surface area is 271 Å². The first kappa shape index (κ1) is 35.4. The number of aliphatic hydroxyl groups excluding tert-OH is 1. The molecular formula is C32H37F8N7O. The lowest BCUT2D eigenvalue weighted by atomic mass is 9.78. The van der Waals surface area contributed by atoms with Gasteiger partial charge in [-0.25, -0.2) is 24.7 Å². The highest BCUT2D eigenvalue weighted by atomic mass is 19.4. The van der Waals surface area contributed by atoms with E-state index in [2.05, 4.69) is 10.0 Å². The Hall–Kier alpha value is -3.92. The van der Waals surface area contributed by atoms with Crippen LogP contribution in [0.4, 0.5) is 40.9 Å². The number of hydrogen-bond acceptors (Lipinski definition) is 6. The van der Waals surface area contributed by atoms with E-state index in [4.69, 9.17) is 16.6 Å². The predicted octanol–water partition coefficient (Wildman–Crippen LogP) is 6.36. The number of pyridine rings is 1. The molecule has 8 nitrogen and oxygen atoms in total. The van der Waals surface area contributed by atoms with E-state index in [0.717, 1.165) is 55.8 Å². The Morgan fingerprint density at radius 1 is 0.917 bits per heavy atom. The van der Waals surface area contributed by atoms with Crippen LogP contribution in [0.1, 0.15) is 60.8 Å². The van der Waals surface area contributed by atoms with Crippen LogP contribution in [0.5, 0.6) is 0 Å². The summed E-state index contributed by atoms with van der Waals surface area (Å²) >= 11 is 0. The second-order valence-electron chi connectivity index (χ2n) is 12.6. The molecule has 5 N–H and O–H groups in total.